The quantitative estimate of drug-likeness (QED) is 0.197. The lowest BCUT2D eigenvalue weighted by atomic mass is 10.1. The summed E-state index contributed by atoms with van der Waals surface area (Å²) in [5.74, 6) is 1.22. The Morgan fingerprint density at radius 3 is 1.72 bits per heavy atom. The first-order valence-corrected chi connectivity index (χ1v) is 14.5. The van der Waals surface area contributed by atoms with Crippen molar-refractivity contribution in [3.63, 3.8) is 0 Å². The molecular weight excluding hydrogens is 566 g/mol. The molecule has 9 aromatic rings. The number of fused-ring (bicyclic) bond motifs is 4. The molecule has 6 aromatic carbocycles. The Morgan fingerprint density at radius 2 is 1.09 bits per heavy atom. The average molecular weight is 600 g/mol. The van der Waals surface area contributed by atoms with Gasteiger partial charge in [0, 0.05) is 33.0 Å². The van der Waals surface area contributed by atoms with Crippen LogP contribution in [-0.4, -0.2) is 24.5 Å². The second kappa shape index (κ2) is 10.6. The van der Waals surface area contributed by atoms with Crippen LogP contribution in [0.15, 0.2) is 156 Å². The monoisotopic (exact) mass is 599 g/mol. The first-order chi connectivity index (χ1) is 26.1. The van der Waals surface area contributed by atoms with E-state index < -0.39 is 48.3 Å². The molecule has 0 bridgehead atoms. The molecule has 6 nitrogen and oxygen atoms in total. The summed E-state index contributed by atoms with van der Waals surface area (Å²) in [5.41, 5.74) is 3.77. The molecule has 0 spiro atoms. The molecule has 0 N–H and O–H groups in total. The van der Waals surface area contributed by atoms with Gasteiger partial charge in [-0.25, -0.2) is 19.9 Å². The van der Waals surface area contributed by atoms with Gasteiger partial charge in [-0.05, 0) is 42.4 Å². The van der Waals surface area contributed by atoms with Crippen molar-refractivity contribution < 1.29 is 15.4 Å². The number of para-hydroxylation sites is 4. The molecule has 46 heavy (non-hydrogen) atoms. The summed E-state index contributed by atoms with van der Waals surface area (Å²) < 4.78 is 77.9. The highest BCUT2D eigenvalue weighted by Gasteiger charge is 2.21. The topological polar surface area (TPSA) is 69.6 Å². The summed E-state index contributed by atoms with van der Waals surface area (Å²) in [6.45, 7) is 0. The number of rotatable bonds is 5. The fraction of sp³-hybridized carbons (Fsp3) is 0. The van der Waals surface area contributed by atoms with Gasteiger partial charge in [-0.15, -0.1) is 0 Å². The number of hydrogen-bond donors (Lipinski definition) is 0. The number of benzene rings is 6. The highest BCUT2D eigenvalue weighted by Crippen LogP contribution is 2.38. The Balaban J connectivity index is 1.45. The third-order valence-corrected chi connectivity index (χ3v) is 7.75. The second-order valence-corrected chi connectivity index (χ2v) is 10.5. The Labute approximate surface area is 275 Å². The fourth-order valence-corrected chi connectivity index (χ4v) is 5.63. The van der Waals surface area contributed by atoms with E-state index in [2.05, 4.69) is 0 Å². The van der Waals surface area contributed by atoms with E-state index in [1.54, 1.807) is 18.2 Å². The van der Waals surface area contributed by atoms with Crippen LogP contribution < -0.4 is 0 Å². The maximum absolute atomic E-state index is 9.11. The maximum atomic E-state index is 9.11. The highest BCUT2D eigenvalue weighted by molar-refractivity contribution is 6.09. The van der Waals surface area contributed by atoms with E-state index in [0.29, 0.717) is 39.8 Å². The zero-order valence-corrected chi connectivity index (χ0v) is 24.0. The minimum atomic E-state index is -0.525. The summed E-state index contributed by atoms with van der Waals surface area (Å²) in [7, 11) is 0. The zero-order valence-electron chi connectivity index (χ0n) is 32.0. The van der Waals surface area contributed by atoms with Crippen molar-refractivity contribution in [2.45, 2.75) is 0 Å². The predicted molar refractivity (Wildman–Crippen MR) is 183 cm³/mol. The highest BCUT2D eigenvalue weighted by atomic mass is 16.3. The first-order valence-electron chi connectivity index (χ1n) is 18.5. The molecule has 0 aliphatic carbocycles. The molecule has 3 heterocycles. The first kappa shape index (κ1) is 19.1. The summed E-state index contributed by atoms with van der Waals surface area (Å²) in [4.78, 5) is 19.5. The lowest BCUT2D eigenvalue weighted by Gasteiger charge is -2.15. The minimum Gasteiger partial charge on any atom is -0.436 e. The molecule has 0 atom stereocenters. The van der Waals surface area contributed by atoms with Gasteiger partial charge < -0.3 is 8.98 Å². The van der Waals surface area contributed by atoms with Crippen LogP contribution in [0.5, 0.6) is 0 Å². The third-order valence-electron chi connectivity index (χ3n) is 7.75. The van der Waals surface area contributed by atoms with Crippen molar-refractivity contribution in [2.24, 2.45) is 0 Å². The molecule has 216 valence electrons. The summed E-state index contributed by atoms with van der Waals surface area (Å²) in [5, 5.41) is -0.0786. The van der Waals surface area contributed by atoms with Crippen molar-refractivity contribution in [1.82, 2.24) is 24.5 Å². The van der Waals surface area contributed by atoms with Crippen LogP contribution in [0.1, 0.15) is 11.0 Å². The van der Waals surface area contributed by atoms with Crippen molar-refractivity contribution in [1.29, 1.82) is 0 Å². The lowest BCUT2D eigenvalue weighted by molar-refractivity contribution is 0.620. The number of aromatic nitrogens is 5. The molecule has 0 saturated carbocycles. The van der Waals surface area contributed by atoms with Crippen molar-refractivity contribution in [3.05, 3.63) is 151 Å². The predicted octanol–water partition coefficient (Wildman–Crippen LogP) is 9.78. The van der Waals surface area contributed by atoms with Crippen molar-refractivity contribution in [2.75, 3.05) is 0 Å². The van der Waals surface area contributed by atoms with Gasteiger partial charge in [0.25, 0.3) is 0 Å². The van der Waals surface area contributed by atoms with Crippen LogP contribution in [0, 0.1) is 0 Å². The molecule has 0 saturated heterocycles. The Bertz CT molecular complexity index is 2820. The van der Waals surface area contributed by atoms with Gasteiger partial charge in [0.15, 0.2) is 23.1 Å². The van der Waals surface area contributed by atoms with Gasteiger partial charge >= 0.3 is 0 Å². The lowest BCUT2D eigenvalue weighted by Crippen LogP contribution is -2.04. The molecule has 3 aromatic heterocycles. The van der Waals surface area contributed by atoms with E-state index >= 15 is 0 Å². The largest absolute Gasteiger partial charge is 0.436 e. The van der Waals surface area contributed by atoms with E-state index in [1.165, 1.54) is 4.57 Å². The number of hydrogen-bond acceptors (Lipinski definition) is 5. The van der Waals surface area contributed by atoms with Crippen LogP contribution in [0.2, 0.25) is 0 Å². The standard InChI is InChI=1S/C40H25N5O/c1-3-13-26(14-4-1)37-42-38(27-15-5-2-6-16-27)44-39(43-37)31-25-28(40-41-32-19-9-12-22-36(32)46-40)23-24-35(31)45-33-20-10-7-17-29(33)30-18-8-11-21-34(30)45/h1-25H/i7D,8D,10D,11D,17D,18D,20D,21D. The van der Waals surface area contributed by atoms with Gasteiger partial charge in [-0.1, -0.05) is 109 Å². The van der Waals surface area contributed by atoms with Gasteiger partial charge in [0.05, 0.1) is 27.7 Å². The number of oxazole rings is 1. The van der Waals surface area contributed by atoms with Crippen molar-refractivity contribution >= 4 is 32.9 Å². The normalized spacial score (nSPS) is 13.9. The van der Waals surface area contributed by atoms with Crippen LogP contribution in [-0.2, 0) is 0 Å². The molecule has 0 radical (unpaired) electrons. The Hall–Kier alpha value is -6.40. The zero-order chi connectivity index (χ0) is 37.4. The Morgan fingerprint density at radius 1 is 0.522 bits per heavy atom. The van der Waals surface area contributed by atoms with Crippen LogP contribution in [0.25, 0.3) is 84.2 Å². The van der Waals surface area contributed by atoms with E-state index in [9.17, 15) is 0 Å². The van der Waals surface area contributed by atoms with Gasteiger partial charge in [0.2, 0.25) is 5.89 Å². The van der Waals surface area contributed by atoms with E-state index in [4.69, 9.17) is 35.3 Å². The van der Waals surface area contributed by atoms with Crippen LogP contribution in [0.4, 0.5) is 0 Å². The maximum Gasteiger partial charge on any atom is 0.227 e. The second-order valence-electron chi connectivity index (χ2n) is 10.5. The molecule has 9 rings (SSSR count). The van der Waals surface area contributed by atoms with Crippen LogP contribution >= 0.6 is 0 Å². The summed E-state index contributed by atoms with van der Waals surface area (Å²) in [6.07, 6.45) is 0. The molecule has 0 unspecified atom stereocenters. The van der Waals surface area contributed by atoms with Gasteiger partial charge in [0.1, 0.15) is 5.52 Å². The smallest absolute Gasteiger partial charge is 0.227 e. The number of nitrogens with zero attached hydrogens (tertiary/aromatic N) is 5. The molecule has 0 aliphatic rings. The van der Waals surface area contributed by atoms with Gasteiger partial charge in [-0.2, -0.15) is 0 Å². The Kier molecular flexibility index (Phi) is 4.42. The molecule has 0 fully saturated rings. The van der Waals surface area contributed by atoms with E-state index in [-0.39, 0.29) is 33.3 Å². The van der Waals surface area contributed by atoms with Crippen LogP contribution in [0.3, 0.4) is 0 Å². The van der Waals surface area contributed by atoms with E-state index in [1.807, 2.05) is 84.9 Å². The SMILES string of the molecule is [2H]c1c([2H])c([2H])c2c(c1[2H])c1c([2H])c([2H])c([2H])c([2H])c1n2-c1ccc(-c2nc3ccccc3o2)cc1-c1nc(-c2ccccc2)nc(-c2ccccc2)n1. The van der Waals surface area contributed by atoms with Gasteiger partial charge in [-0.3, -0.25) is 0 Å². The summed E-state index contributed by atoms with van der Waals surface area (Å²) in [6, 6.07) is 27.5. The van der Waals surface area contributed by atoms with Crippen molar-refractivity contribution in [3.8, 4) is 51.3 Å². The molecule has 0 amide bonds. The minimum absolute atomic E-state index is 0.0283. The van der Waals surface area contributed by atoms with E-state index in [0.717, 1.165) is 11.1 Å². The molecule has 6 heteroatoms. The molecular formula is C40H25N5O. The molecule has 0 aliphatic heterocycles. The summed E-state index contributed by atoms with van der Waals surface area (Å²) >= 11 is 0. The fourth-order valence-electron chi connectivity index (χ4n) is 5.63. The third kappa shape index (κ3) is 4.35. The average Bonchev–Trinajstić information content (AvgIpc) is 3.81.